The van der Waals surface area contributed by atoms with E-state index in [1.54, 1.807) is 0 Å². The Labute approximate surface area is 79.0 Å². The van der Waals surface area contributed by atoms with Crippen LogP contribution in [-0.2, 0) is 33.4 Å². The Morgan fingerprint density at radius 3 is 1.43 bits per heavy atom. The van der Waals surface area contributed by atoms with Crippen molar-refractivity contribution in [3.05, 3.63) is 0 Å². The average molecular weight is 204 g/mol. The Hall–Kier alpha value is -2.05. The maximum Gasteiger partial charge on any atom is 0.379 e. The number of rotatable bonds is 2. The van der Waals surface area contributed by atoms with Gasteiger partial charge in [-0.2, -0.15) is 0 Å². The Balaban J connectivity index is 0. The largest absolute Gasteiger partial charge is 0.469 e. The van der Waals surface area contributed by atoms with Crippen molar-refractivity contribution in [3.8, 4) is 0 Å². The molecule has 78 valence electrons. The molecular weight excluding hydrogens is 196 g/mol. The van der Waals surface area contributed by atoms with Crippen molar-refractivity contribution in [2.24, 2.45) is 0 Å². The average Bonchev–Trinajstić information content (AvgIpc) is 2.18. The number of ether oxygens (including phenoxy) is 2. The van der Waals surface area contributed by atoms with Gasteiger partial charge in [-0.1, -0.05) is 0 Å². The van der Waals surface area contributed by atoms with Crippen molar-refractivity contribution in [2.75, 3.05) is 7.11 Å². The summed E-state index contributed by atoms with van der Waals surface area (Å²) in [6.45, 7) is 1.36. The van der Waals surface area contributed by atoms with Crippen LogP contribution in [0.1, 0.15) is 6.92 Å². The Kier molecular flexibility index (Phi) is 9.35. The van der Waals surface area contributed by atoms with E-state index in [0.717, 1.165) is 0 Å². The third-order valence-corrected chi connectivity index (χ3v) is 0.681. The molecule has 0 spiro atoms. The summed E-state index contributed by atoms with van der Waals surface area (Å²) in [6, 6.07) is 0. The molecule has 0 bridgehead atoms. The highest BCUT2D eigenvalue weighted by atomic mass is 16.6. The Bertz CT molecular complexity index is 224. The van der Waals surface area contributed by atoms with Crippen LogP contribution in [0.4, 0.5) is 0 Å². The zero-order valence-corrected chi connectivity index (χ0v) is 7.51. The molecule has 0 aromatic carbocycles. The molecule has 7 heteroatoms. The molecule has 0 rings (SSSR count). The van der Waals surface area contributed by atoms with E-state index in [-0.39, 0.29) is 18.5 Å². The molecule has 0 saturated heterocycles. The second-order valence-electron chi connectivity index (χ2n) is 1.67. The van der Waals surface area contributed by atoms with Gasteiger partial charge in [0, 0.05) is 6.92 Å². The standard InChI is InChI=1S/C4H2O5.C3H6O2/c5-1-3(7)9-4(8)2-6;1-3(4)5-2/h1-2H;1-2H3. The maximum atomic E-state index is 9.81. The van der Waals surface area contributed by atoms with Crippen molar-refractivity contribution in [1.82, 2.24) is 0 Å². The zero-order valence-electron chi connectivity index (χ0n) is 7.51. The number of aldehydes is 2. The Morgan fingerprint density at radius 1 is 1.00 bits per heavy atom. The van der Waals surface area contributed by atoms with E-state index in [9.17, 15) is 24.0 Å². The van der Waals surface area contributed by atoms with E-state index in [1.807, 2.05) is 0 Å². The molecule has 0 aromatic heterocycles. The van der Waals surface area contributed by atoms with Gasteiger partial charge in [0.2, 0.25) is 12.6 Å². The minimum absolute atomic E-state index is 0.207. The zero-order chi connectivity index (χ0) is 11.6. The van der Waals surface area contributed by atoms with Crippen LogP contribution < -0.4 is 0 Å². The van der Waals surface area contributed by atoms with E-state index < -0.39 is 11.9 Å². The summed E-state index contributed by atoms with van der Waals surface area (Å²) < 4.78 is 7.65. The van der Waals surface area contributed by atoms with Crippen LogP contribution in [0.5, 0.6) is 0 Å². The fourth-order valence-electron chi connectivity index (χ4n) is 0.147. The highest BCUT2D eigenvalue weighted by Gasteiger charge is 2.05. The van der Waals surface area contributed by atoms with Gasteiger partial charge < -0.3 is 9.47 Å². The van der Waals surface area contributed by atoms with Gasteiger partial charge in [0.05, 0.1) is 7.11 Å². The molecule has 0 aliphatic heterocycles. The predicted molar refractivity (Wildman–Crippen MR) is 40.9 cm³/mol. The van der Waals surface area contributed by atoms with E-state index in [1.165, 1.54) is 14.0 Å². The first-order valence-corrected chi connectivity index (χ1v) is 3.18. The first-order valence-electron chi connectivity index (χ1n) is 3.18. The maximum absolute atomic E-state index is 9.81. The first kappa shape index (κ1) is 14.5. The lowest BCUT2D eigenvalue weighted by atomic mass is 10.7. The van der Waals surface area contributed by atoms with Gasteiger partial charge in [-0.15, -0.1) is 0 Å². The number of carbonyl (C=O) groups excluding carboxylic acids is 5. The van der Waals surface area contributed by atoms with Crippen LogP contribution in [0.15, 0.2) is 0 Å². The van der Waals surface area contributed by atoms with Gasteiger partial charge in [-0.25, -0.2) is 9.59 Å². The van der Waals surface area contributed by atoms with Crippen LogP contribution in [0.25, 0.3) is 0 Å². The molecular formula is C7H8O7. The first-order chi connectivity index (χ1) is 6.47. The number of hydrogen-bond acceptors (Lipinski definition) is 7. The summed E-state index contributed by atoms with van der Waals surface area (Å²) in [5, 5.41) is 0. The van der Waals surface area contributed by atoms with E-state index in [4.69, 9.17) is 0 Å². The molecule has 0 N–H and O–H groups in total. The fraction of sp³-hybridized carbons (Fsp3) is 0.286. The SMILES string of the molecule is COC(C)=O.O=CC(=O)OC(=O)C=O. The third-order valence-electron chi connectivity index (χ3n) is 0.681. The fourth-order valence-corrected chi connectivity index (χ4v) is 0.147. The van der Waals surface area contributed by atoms with Gasteiger partial charge in [-0.05, 0) is 0 Å². The minimum Gasteiger partial charge on any atom is -0.469 e. The van der Waals surface area contributed by atoms with Gasteiger partial charge in [0.25, 0.3) is 0 Å². The van der Waals surface area contributed by atoms with Crippen molar-refractivity contribution in [3.63, 3.8) is 0 Å². The molecule has 0 aliphatic rings. The second-order valence-corrected chi connectivity index (χ2v) is 1.67. The minimum atomic E-state index is -1.37. The van der Waals surface area contributed by atoms with Gasteiger partial charge >= 0.3 is 17.9 Å². The molecule has 0 saturated carbocycles. The van der Waals surface area contributed by atoms with Crippen LogP contribution in [0, 0.1) is 0 Å². The highest BCUT2D eigenvalue weighted by molar-refractivity contribution is 6.30. The normalized spacial score (nSPS) is 7.29. The summed E-state index contributed by atoms with van der Waals surface area (Å²) in [7, 11) is 1.35. The monoisotopic (exact) mass is 204 g/mol. The summed E-state index contributed by atoms with van der Waals surface area (Å²) in [4.78, 5) is 48.0. The molecule has 0 unspecified atom stereocenters. The van der Waals surface area contributed by atoms with Crippen molar-refractivity contribution in [1.29, 1.82) is 0 Å². The number of hydrogen-bond donors (Lipinski definition) is 0. The van der Waals surface area contributed by atoms with Crippen molar-refractivity contribution < 1.29 is 33.4 Å². The van der Waals surface area contributed by atoms with Crippen LogP contribution in [0.3, 0.4) is 0 Å². The molecule has 7 nitrogen and oxygen atoms in total. The van der Waals surface area contributed by atoms with Gasteiger partial charge in [0.1, 0.15) is 0 Å². The molecule has 0 fully saturated rings. The molecule has 0 amide bonds. The summed E-state index contributed by atoms with van der Waals surface area (Å²) in [5.74, 6) is -2.98. The third kappa shape index (κ3) is 12.6. The molecule has 0 aliphatic carbocycles. The second kappa shape index (κ2) is 9.04. The van der Waals surface area contributed by atoms with Crippen molar-refractivity contribution in [2.45, 2.75) is 6.92 Å². The molecule has 0 heterocycles. The van der Waals surface area contributed by atoms with Crippen LogP contribution >= 0.6 is 0 Å². The van der Waals surface area contributed by atoms with Gasteiger partial charge in [-0.3, -0.25) is 14.4 Å². The predicted octanol–water partition coefficient (Wildman–Crippen LogP) is -1.37. The lowest BCUT2D eigenvalue weighted by Crippen LogP contribution is -2.13. The molecule has 0 radical (unpaired) electrons. The van der Waals surface area contributed by atoms with Crippen LogP contribution in [0.2, 0.25) is 0 Å². The van der Waals surface area contributed by atoms with Gasteiger partial charge in [0.15, 0.2) is 0 Å². The molecule has 14 heavy (non-hydrogen) atoms. The topological polar surface area (TPSA) is 104 Å². The number of methoxy groups -OCH3 is 1. The van der Waals surface area contributed by atoms with Crippen LogP contribution in [-0.4, -0.2) is 37.6 Å². The van der Waals surface area contributed by atoms with Crippen molar-refractivity contribution >= 4 is 30.5 Å². The summed E-state index contributed by atoms with van der Waals surface area (Å²) in [6.07, 6.45) is -0.414. The van der Waals surface area contributed by atoms with E-state index in [0.29, 0.717) is 0 Å². The lowest BCUT2D eigenvalue weighted by Gasteiger charge is -1.85. The number of carbonyl (C=O) groups is 5. The molecule has 0 atom stereocenters. The summed E-state index contributed by atoms with van der Waals surface area (Å²) in [5.41, 5.74) is 0. The summed E-state index contributed by atoms with van der Waals surface area (Å²) >= 11 is 0. The van der Waals surface area contributed by atoms with E-state index in [2.05, 4.69) is 9.47 Å². The molecule has 0 aromatic rings. The Morgan fingerprint density at radius 2 is 1.29 bits per heavy atom. The highest BCUT2D eigenvalue weighted by Crippen LogP contribution is 1.71. The smallest absolute Gasteiger partial charge is 0.379 e. The lowest BCUT2D eigenvalue weighted by molar-refractivity contribution is -0.162. The van der Waals surface area contributed by atoms with E-state index >= 15 is 0 Å². The quantitative estimate of drug-likeness (QED) is 0.236. The number of esters is 3.